The minimum Gasteiger partial charge on any atom is -0.384 e. The minimum absolute atomic E-state index is 0.140. The van der Waals surface area contributed by atoms with Gasteiger partial charge >= 0.3 is 0 Å². The Morgan fingerprint density at radius 1 is 1.38 bits per heavy atom. The van der Waals surface area contributed by atoms with Gasteiger partial charge < -0.3 is 10.4 Å². The Kier molecular flexibility index (Phi) is 4.64. The van der Waals surface area contributed by atoms with E-state index in [0.29, 0.717) is 11.3 Å². The number of aliphatic hydroxyl groups is 1. The Morgan fingerprint density at radius 3 is 2.90 bits per heavy atom. The predicted octanol–water partition coefficient (Wildman–Crippen LogP) is 2.13. The van der Waals surface area contributed by atoms with E-state index in [0.717, 1.165) is 17.8 Å². The molecule has 0 atom stereocenters. The molecule has 0 radical (unpaired) electrons. The number of benzene rings is 1. The van der Waals surface area contributed by atoms with Gasteiger partial charge in [-0.05, 0) is 30.7 Å². The van der Waals surface area contributed by atoms with Crippen LogP contribution in [0.4, 0.5) is 10.1 Å². The van der Waals surface area contributed by atoms with E-state index in [1.807, 2.05) is 6.92 Å². The van der Waals surface area contributed by atoms with Gasteiger partial charge in [-0.1, -0.05) is 17.9 Å². The summed E-state index contributed by atoms with van der Waals surface area (Å²) in [6.07, 6.45) is 2.33. The van der Waals surface area contributed by atoms with Crippen LogP contribution < -0.4 is 5.32 Å². The smallest absolute Gasteiger partial charge is 0.257 e. The predicted molar refractivity (Wildman–Crippen MR) is 77.3 cm³/mol. The average molecular weight is 284 g/mol. The molecule has 2 N–H and O–H groups in total. The molecule has 0 saturated heterocycles. The number of hydrogen-bond donors (Lipinski definition) is 2. The molecule has 106 valence electrons. The third-order valence-electron chi connectivity index (χ3n) is 2.76. The maximum atomic E-state index is 13.1. The quantitative estimate of drug-likeness (QED) is 0.830. The topological polar surface area (TPSA) is 62.2 Å². The summed E-state index contributed by atoms with van der Waals surface area (Å²) in [7, 11) is 0. The van der Waals surface area contributed by atoms with Crippen molar-refractivity contribution in [3.8, 4) is 11.8 Å². The van der Waals surface area contributed by atoms with Crippen molar-refractivity contribution in [3.05, 3.63) is 59.2 Å². The number of aryl methyl sites for hydroxylation is 1. The zero-order valence-corrected chi connectivity index (χ0v) is 11.4. The Labute approximate surface area is 121 Å². The van der Waals surface area contributed by atoms with Gasteiger partial charge in [-0.25, -0.2) is 4.39 Å². The molecular formula is C16H13FN2O2. The van der Waals surface area contributed by atoms with Gasteiger partial charge in [-0.15, -0.1) is 0 Å². The van der Waals surface area contributed by atoms with Crippen LogP contribution >= 0.6 is 0 Å². The molecule has 0 aliphatic carbocycles. The van der Waals surface area contributed by atoms with Crippen molar-refractivity contribution < 1.29 is 14.3 Å². The highest BCUT2D eigenvalue weighted by Gasteiger charge is 2.09. The number of rotatable bonds is 2. The Bertz CT molecular complexity index is 733. The first-order chi connectivity index (χ1) is 10.1. The number of carbonyl (C=O) groups is 1. The number of aliphatic hydroxyl groups excluding tert-OH is 1. The highest BCUT2D eigenvalue weighted by Crippen LogP contribution is 2.17. The second-order valence-electron chi connectivity index (χ2n) is 4.34. The molecule has 4 nitrogen and oxygen atoms in total. The number of nitrogens with zero attached hydrogens (tertiary/aromatic N) is 1. The van der Waals surface area contributed by atoms with E-state index < -0.39 is 11.7 Å². The molecule has 2 aromatic rings. The van der Waals surface area contributed by atoms with Gasteiger partial charge in [-0.3, -0.25) is 9.78 Å². The molecule has 5 heteroatoms. The SMILES string of the molecule is Cc1ccc(C#CCO)cc1NC(=O)c1cncc(F)c1. The maximum absolute atomic E-state index is 13.1. The van der Waals surface area contributed by atoms with Crippen molar-refractivity contribution in [2.45, 2.75) is 6.92 Å². The summed E-state index contributed by atoms with van der Waals surface area (Å²) in [5.41, 5.74) is 2.24. The third kappa shape index (κ3) is 3.88. The van der Waals surface area contributed by atoms with Crippen LogP contribution in [-0.4, -0.2) is 22.6 Å². The summed E-state index contributed by atoms with van der Waals surface area (Å²) in [5.74, 6) is 4.28. The van der Waals surface area contributed by atoms with Crippen LogP contribution in [0.3, 0.4) is 0 Å². The van der Waals surface area contributed by atoms with E-state index in [1.54, 1.807) is 18.2 Å². The van der Waals surface area contributed by atoms with Crippen molar-refractivity contribution in [1.82, 2.24) is 4.98 Å². The first-order valence-electron chi connectivity index (χ1n) is 6.22. The van der Waals surface area contributed by atoms with Crippen molar-refractivity contribution >= 4 is 11.6 Å². The lowest BCUT2D eigenvalue weighted by Gasteiger charge is -2.09. The third-order valence-corrected chi connectivity index (χ3v) is 2.76. The molecule has 1 aromatic heterocycles. The van der Waals surface area contributed by atoms with Gasteiger partial charge in [0.1, 0.15) is 12.4 Å². The summed E-state index contributed by atoms with van der Waals surface area (Å²) in [4.78, 5) is 15.7. The van der Waals surface area contributed by atoms with Gasteiger partial charge in [0.05, 0.1) is 11.8 Å². The van der Waals surface area contributed by atoms with Crippen LogP contribution in [0, 0.1) is 24.6 Å². The summed E-state index contributed by atoms with van der Waals surface area (Å²) in [5, 5.41) is 11.4. The molecule has 1 aromatic carbocycles. The molecule has 0 fully saturated rings. The van der Waals surface area contributed by atoms with Gasteiger partial charge in [0.25, 0.3) is 5.91 Å². The van der Waals surface area contributed by atoms with Gasteiger partial charge in [0.2, 0.25) is 0 Å². The molecular weight excluding hydrogens is 271 g/mol. The minimum atomic E-state index is -0.568. The fraction of sp³-hybridized carbons (Fsp3) is 0.125. The lowest BCUT2D eigenvalue weighted by molar-refractivity contribution is 0.102. The number of nitrogens with one attached hydrogen (secondary N) is 1. The van der Waals surface area contributed by atoms with Crippen LogP contribution in [0.5, 0.6) is 0 Å². The van der Waals surface area contributed by atoms with Crippen LogP contribution in [0.25, 0.3) is 0 Å². The molecule has 0 aliphatic rings. The number of halogens is 1. The number of amides is 1. The van der Waals surface area contributed by atoms with E-state index in [2.05, 4.69) is 22.1 Å². The first-order valence-corrected chi connectivity index (χ1v) is 6.22. The van der Waals surface area contributed by atoms with E-state index in [1.165, 1.54) is 6.20 Å². The Balaban J connectivity index is 2.24. The van der Waals surface area contributed by atoms with Crippen molar-refractivity contribution in [2.75, 3.05) is 11.9 Å². The fourth-order valence-electron chi connectivity index (χ4n) is 1.71. The Morgan fingerprint density at radius 2 is 2.19 bits per heavy atom. The van der Waals surface area contributed by atoms with E-state index in [-0.39, 0.29) is 12.2 Å². The van der Waals surface area contributed by atoms with E-state index in [4.69, 9.17) is 5.11 Å². The van der Waals surface area contributed by atoms with Crippen LogP contribution in [0.15, 0.2) is 36.7 Å². The van der Waals surface area contributed by atoms with Crippen LogP contribution in [-0.2, 0) is 0 Å². The maximum Gasteiger partial charge on any atom is 0.257 e. The number of pyridine rings is 1. The molecule has 2 rings (SSSR count). The molecule has 1 heterocycles. The lowest BCUT2D eigenvalue weighted by atomic mass is 10.1. The lowest BCUT2D eigenvalue weighted by Crippen LogP contribution is -2.13. The Hall–Kier alpha value is -2.71. The molecule has 21 heavy (non-hydrogen) atoms. The monoisotopic (exact) mass is 284 g/mol. The number of carbonyl (C=O) groups excluding carboxylic acids is 1. The summed E-state index contributed by atoms with van der Waals surface area (Å²) in [6.45, 7) is 1.60. The van der Waals surface area contributed by atoms with Crippen molar-refractivity contribution in [1.29, 1.82) is 0 Å². The number of anilines is 1. The van der Waals surface area contributed by atoms with Crippen LogP contribution in [0.1, 0.15) is 21.5 Å². The summed E-state index contributed by atoms with van der Waals surface area (Å²) < 4.78 is 13.1. The highest BCUT2D eigenvalue weighted by atomic mass is 19.1. The molecule has 0 spiro atoms. The molecule has 1 amide bonds. The average Bonchev–Trinajstić information content (AvgIpc) is 2.48. The normalized spacial score (nSPS) is 9.67. The molecule has 0 bridgehead atoms. The zero-order valence-electron chi connectivity index (χ0n) is 11.4. The second kappa shape index (κ2) is 6.64. The van der Waals surface area contributed by atoms with E-state index in [9.17, 15) is 9.18 Å². The fourth-order valence-corrected chi connectivity index (χ4v) is 1.71. The summed E-state index contributed by atoms with van der Waals surface area (Å²) >= 11 is 0. The van der Waals surface area contributed by atoms with Gasteiger partial charge in [0, 0.05) is 17.4 Å². The number of aromatic nitrogens is 1. The first kappa shape index (κ1) is 14.7. The zero-order chi connectivity index (χ0) is 15.2. The van der Waals surface area contributed by atoms with Crippen LogP contribution in [0.2, 0.25) is 0 Å². The molecule has 0 aliphatic heterocycles. The van der Waals surface area contributed by atoms with E-state index >= 15 is 0 Å². The molecule has 0 saturated carbocycles. The standard InChI is InChI=1S/C16H13FN2O2/c1-11-4-5-12(3-2-6-20)7-15(11)19-16(21)13-8-14(17)10-18-9-13/h4-5,7-10,20H,6H2,1H3,(H,19,21). The molecule has 0 unspecified atom stereocenters. The largest absolute Gasteiger partial charge is 0.384 e. The summed E-state index contributed by atoms with van der Waals surface area (Å²) in [6, 6.07) is 6.41. The number of hydrogen-bond acceptors (Lipinski definition) is 3. The van der Waals surface area contributed by atoms with Gasteiger partial charge in [-0.2, -0.15) is 0 Å². The highest BCUT2D eigenvalue weighted by molar-refractivity contribution is 6.04. The second-order valence-corrected chi connectivity index (χ2v) is 4.34. The van der Waals surface area contributed by atoms with Crippen molar-refractivity contribution in [3.63, 3.8) is 0 Å². The van der Waals surface area contributed by atoms with Gasteiger partial charge in [0.15, 0.2) is 0 Å². The van der Waals surface area contributed by atoms with Crippen molar-refractivity contribution in [2.24, 2.45) is 0 Å².